The van der Waals surface area contributed by atoms with Gasteiger partial charge in [0.15, 0.2) is 0 Å². The van der Waals surface area contributed by atoms with Crippen LogP contribution < -0.4 is 10.6 Å². The molecule has 1 heterocycles. The van der Waals surface area contributed by atoms with Gasteiger partial charge >= 0.3 is 6.09 Å². The van der Waals surface area contributed by atoms with Crippen LogP contribution in [0.1, 0.15) is 26.3 Å². The molecule has 1 aliphatic rings. The first-order valence-electron chi connectivity index (χ1n) is 5.85. The van der Waals surface area contributed by atoms with E-state index in [1.807, 2.05) is 13.8 Å². The number of rotatable bonds is 2. The number of anilines is 2. The van der Waals surface area contributed by atoms with Gasteiger partial charge in [0, 0.05) is 11.4 Å². The molecule has 2 rings (SSSR count). The van der Waals surface area contributed by atoms with Crippen molar-refractivity contribution in [1.29, 1.82) is 0 Å². The lowest BCUT2D eigenvalue weighted by Gasteiger charge is -2.16. The molecule has 1 aromatic carbocycles. The second-order valence-corrected chi connectivity index (χ2v) is 4.68. The zero-order valence-electron chi connectivity index (χ0n) is 10.7. The summed E-state index contributed by atoms with van der Waals surface area (Å²) in [4.78, 5) is 23.1. The monoisotopic (exact) mass is 248 g/mol. The molecule has 2 N–H and O–H groups in total. The molecule has 0 fully saturated rings. The summed E-state index contributed by atoms with van der Waals surface area (Å²) < 4.78 is 4.81. The first kappa shape index (κ1) is 12.4. The van der Waals surface area contributed by atoms with Crippen LogP contribution in [-0.4, -0.2) is 18.6 Å². The molecule has 0 aliphatic carbocycles. The lowest BCUT2D eigenvalue weighted by atomic mass is 9.86. The summed E-state index contributed by atoms with van der Waals surface area (Å²) in [6.45, 7) is 5.76. The summed E-state index contributed by atoms with van der Waals surface area (Å²) in [7, 11) is 0. The smallest absolute Gasteiger partial charge is 0.411 e. The third-order valence-corrected chi connectivity index (χ3v) is 3.03. The first-order chi connectivity index (χ1) is 8.45. The van der Waals surface area contributed by atoms with E-state index in [-0.39, 0.29) is 5.91 Å². The first-order valence-corrected chi connectivity index (χ1v) is 5.85. The Bertz CT molecular complexity index is 509. The highest BCUT2D eigenvalue weighted by Gasteiger charge is 2.38. The zero-order chi connectivity index (χ0) is 13.3. The lowest BCUT2D eigenvalue weighted by Crippen LogP contribution is -2.26. The van der Waals surface area contributed by atoms with E-state index in [0.717, 1.165) is 11.3 Å². The van der Waals surface area contributed by atoms with Gasteiger partial charge in [0.2, 0.25) is 5.91 Å². The van der Waals surface area contributed by atoms with Crippen molar-refractivity contribution >= 4 is 23.4 Å². The lowest BCUT2D eigenvalue weighted by molar-refractivity contribution is -0.119. The number of ether oxygens (including phenoxy) is 1. The van der Waals surface area contributed by atoms with Crippen LogP contribution in [-0.2, 0) is 14.9 Å². The van der Waals surface area contributed by atoms with Gasteiger partial charge in [-0.15, -0.1) is 0 Å². The molecule has 96 valence electrons. The summed E-state index contributed by atoms with van der Waals surface area (Å²) in [5.41, 5.74) is 1.71. The number of hydrogen-bond acceptors (Lipinski definition) is 3. The van der Waals surface area contributed by atoms with Gasteiger partial charge in [0.1, 0.15) is 0 Å². The molecule has 5 heteroatoms. The summed E-state index contributed by atoms with van der Waals surface area (Å²) in [5, 5.41) is 5.44. The predicted octanol–water partition coefficient (Wildman–Crippen LogP) is 2.48. The van der Waals surface area contributed by atoms with Gasteiger partial charge in [-0.05, 0) is 44.5 Å². The maximum atomic E-state index is 11.8. The van der Waals surface area contributed by atoms with Crippen molar-refractivity contribution in [2.45, 2.75) is 26.2 Å². The fraction of sp³-hybridized carbons (Fsp3) is 0.385. The Balaban J connectivity index is 2.26. The van der Waals surface area contributed by atoms with E-state index >= 15 is 0 Å². The molecule has 18 heavy (non-hydrogen) atoms. The third kappa shape index (κ3) is 2.03. The highest BCUT2D eigenvalue weighted by atomic mass is 16.5. The van der Waals surface area contributed by atoms with Crippen LogP contribution in [0, 0.1) is 0 Å². The van der Waals surface area contributed by atoms with E-state index in [4.69, 9.17) is 4.74 Å². The summed E-state index contributed by atoms with van der Waals surface area (Å²) >= 11 is 0. The average molecular weight is 248 g/mol. The second kappa shape index (κ2) is 4.33. The number of benzene rings is 1. The third-order valence-electron chi connectivity index (χ3n) is 3.03. The SMILES string of the molecule is CCOC(=O)Nc1ccc2c(c1)C(C)(C)C(=O)N2. The Kier molecular flexibility index (Phi) is 2.98. The molecule has 1 aliphatic heterocycles. The van der Waals surface area contributed by atoms with E-state index in [0.29, 0.717) is 12.3 Å². The number of fused-ring (bicyclic) bond motifs is 1. The van der Waals surface area contributed by atoms with Gasteiger partial charge in [0.05, 0.1) is 12.0 Å². The van der Waals surface area contributed by atoms with Crippen molar-refractivity contribution in [3.05, 3.63) is 23.8 Å². The van der Waals surface area contributed by atoms with Gasteiger partial charge in [-0.3, -0.25) is 10.1 Å². The van der Waals surface area contributed by atoms with Gasteiger partial charge in [0.25, 0.3) is 0 Å². The molecule has 2 amide bonds. The van der Waals surface area contributed by atoms with Crippen LogP contribution in [0.3, 0.4) is 0 Å². The van der Waals surface area contributed by atoms with Crippen molar-refractivity contribution < 1.29 is 14.3 Å². The van der Waals surface area contributed by atoms with E-state index in [9.17, 15) is 9.59 Å². The van der Waals surface area contributed by atoms with E-state index in [1.165, 1.54) is 0 Å². The fourth-order valence-electron chi connectivity index (χ4n) is 1.93. The Morgan fingerprint density at radius 2 is 2.17 bits per heavy atom. The quantitative estimate of drug-likeness (QED) is 0.844. The minimum absolute atomic E-state index is 0.0363. The highest BCUT2D eigenvalue weighted by molar-refractivity contribution is 6.06. The molecule has 0 radical (unpaired) electrons. The molecule has 0 saturated carbocycles. The minimum Gasteiger partial charge on any atom is -0.450 e. The van der Waals surface area contributed by atoms with Crippen LogP contribution in [0.5, 0.6) is 0 Å². The van der Waals surface area contributed by atoms with Gasteiger partial charge in [-0.25, -0.2) is 4.79 Å². The summed E-state index contributed by atoms with van der Waals surface area (Å²) in [6, 6.07) is 5.31. The van der Waals surface area contributed by atoms with Crippen molar-refractivity contribution in [1.82, 2.24) is 0 Å². The van der Waals surface area contributed by atoms with Crippen molar-refractivity contribution in [2.24, 2.45) is 0 Å². The van der Waals surface area contributed by atoms with Crippen molar-refractivity contribution in [3.63, 3.8) is 0 Å². The molecule has 0 unspecified atom stereocenters. The van der Waals surface area contributed by atoms with Crippen LogP contribution in [0.25, 0.3) is 0 Å². The van der Waals surface area contributed by atoms with Crippen LogP contribution in [0.2, 0.25) is 0 Å². The summed E-state index contributed by atoms with van der Waals surface area (Å²) in [5.74, 6) is -0.0363. The molecular weight excluding hydrogens is 232 g/mol. The number of nitrogens with one attached hydrogen (secondary N) is 2. The van der Waals surface area contributed by atoms with Crippen LogP contribution in [0.4, 0.5) is 16.2 Å². The van der Waals surface area contributed by atoms with Gasteiger partial charge in [-0.1, -0.05) is 0 Å². The normalized spacial score (nSPS) is 15.8. The highest BCUT2D eigenvalue weighted by Crippen LogP contribution is 2.38. The largest absolute Gasteiger partial charge is 0.450 e. The second-order valence-electron chi connectivity index (χ2n) is 4.68. The Hall–Kier alpha value is -2.04. The standard InChI is InChI=1S/C13H16N2O3/c1-4-18-12(17)14-8-5-6-10-9(7-8)13(2,3)11(16)15-10/h5-7H,4H2,1-3H3,(H,14,17)(H,15,16). The number of carbonyl (C=O) groups is 2. The summed E-state index contributed by atoms with van der Waals surface area (Å²) in [6.07, 6.45) is -0.493. The topological polar surface area (TPSA) is 67.4 Å². The van der Waals surface area contributed by atoms with Gasteiger partial charge < -0.3 is 10.1 Å². The minimum atomic E-state index is -0.582. The Labute approximate surface area is 106 Å². The van der Waals surface area contributed by atoms with E-state index in [2.05, 4.69) is 10.6 Å². The predicted molar refractivity (Wildman–Crippen MR) is 68.7 cm³/mol. The molecule has 1 aromatic rings. The molecule has 0 bridgehead atoms. The van der Waals surface area contributed by atoms with Crippen LogP contribution >= 0.6 is 0 Å². The molecular formula is C13H16N2O3. The average Bonchev–Trinajstić information content (AvgIpc) is 2.51. The molecule has 0 atom stereocenters. The molecule has 0 aromatic heterocycles. The van der Waals surface area contributed by atoms with Crippen molar-refractivity contribution in [2.75, 3.05) is 17.2 Å². The Morgan fingerprint density at radius 3 is 2.83 bits per heavy atom. The van der Waals surface area contributed by atoms with Crippen LogP contribution in [0.15, 0.2) is 18.2 Å². The number of carbonyl (C=O) groups excluding carboxylic acids is 2. The number of amides is 2. The molecule has 0 spiro atoms. The van der Waals surface area contributed by atoms with E-state index < -0.39 is 11.5 Å². The van der Waals surface area contributed by atoms with Crippen molar-refractivity contribution in [3.8, 4) is 0 Å². The zero-order valence-corrected chi connectivity index (χ0v) is 10.7. The Morgan fingerprint density at radius 1 is 1.44 bits per heavy atom. The fourth-order valence-corrected chi connectivity index (χ4v) is 1.93. The maximum absolute atomic E-state index is 11.8. The van der Waals surface area contributed by atoms with E-state index in [1.54, 1.807) is 25.1 Å². The molecule has 5 nitrogen and oxygen atoms in total. The maximum Gasteiger partial charge on any atom is 0.411 e. The van der Waals surface area contributed by atoms with Gasteiger partial charge in [-0.2, -0.15) is 0 Å². The molecule has 0 saturated heterocycles. The number of hydrogen-bond donors (Lipinski definition) is 2.